The molecule has 0 unspecified atom stereocenters. The lowest BCUT2D eigenvalue weighted by molar-refractivity contribution is 2.00. The van der Waals surface area contributed by atoms with Crippen LogP contribution in [0.15, 0.2) is 0 Å². The van der Waals surface area contributed by atoms with Gasteiger partial charge in [0.1, 0.15) is 0 Å². The maximum Gasteiger partial charge on any atom is 0.0341 e. The molecule has 0 radical (unpaired) electrons. The van der Waals surface area contributed by atoms with E-state index >= 15 is 0 Å². The molecular formula is H2BrCl2N. The van der Waals surface area contributed by atoms with E-state index in [2.05, 4.69) is 42.2 Å². The SMILES string of the molecule is ClBr.NCl. The molecule has 0 aliphatic heterocycles. The van der Waals surface area contributed by atoms with Gasteiger partial charge in [0, 0.05) is 15.0 Å². The normalized spacial score (nSPS) is 3.00. The van der Waals surface area contributed by atoms with Crippen LogP contribution >= 0.6 is 36.9 Å². The van der Waals surface area contributed by atoms with Gasteiger partial charge in [0.15, 0.2) is 0 Å². The Morgan fingerprint density at radius 2 is 1.25 bits per heavy atom. The number of hydrogen-bond acceptors (Lipinski definition) is 1. The summed E-state index contributed by atoms with van der Waals surface area (Å²) in [7, 11) is 4.45. The van der Waals surface area contributed by atoms with Gasteiger partial charge in [-0.2, -0.15) is 0 Å². The van der Waals surface area contributed by atoms with Crippen molar-refractivity contribution in [3.05, 3.63) is 0 Å². The van der Waals surface area contributed by atoms with Crippen LogP contribution in [0.25, 0.3) is 0 Å². The fraction of sp³-hybridized carbons (Fsp3) is 0. The summed E-state index contributed by atoms with van der Waals surface area (Å²) in [5, 5.41) is 3.97. The summed E-state index contributed by atoms with van der Waals surface area (Å²) in [5.41, 5.74) is 0. The third-order valence-electron chi connectivity index (χ3n) is 0. The van der Waals surface area contributed by atoms with E-state index in [-0.39, 0.29) is 0 Å². The first kappa shape index (κ1) is 8.89. The molecule has 0 saturated carbocycles. The van der Waals surface area contributed by atoms with E-state index in [1.807, 2.05) is 0 Å². The van der Waals surface area contributed by atoms with E-state index in [0.717, 1.165) is 0 Å². The Morgan fingerprint density at radius 1 is 1.25 bits per heavy atom. The third kappa shape index (κ3) is 11.8. The summed E-state index contributed by atoms with van der Waals surface area (Å²) in [4.78, 5) is 0. The molecule has 0 aliphatic carbocycles. The summed E-state index contributed by atoms with van der Waals surface area (Å²) in [6.45, 7) is 0. The lowest BCUT2D eigenvalue weighted by atomic mass is 14.0. The Labute approximate surface area is 42.5 Å². The molecule has 0 aromatic carbocycles. The van der Waals surface area contributed by atoms with Crippen molar-refractivity contribution >= 4 is 36.9 Å². The molecule has 4 heavy (non-hydrogen) atoms. The topological polar surface area (TPSA) is 26.0 Å². The van der Waals surface area contributed by atoms with Gasteiger partial charge in [0.2, 0.25) is 0 Å². The predicted octanol–water partition coefficient (Wildman–Crippen LogP) is 1.63. The molecule has 0 aliphatic rings. The molecule has 0 aromatic rings. The molecule has 0 saturated heterocycles. The molecule has 4 heteroatoms. The molecule has 0 spiro atoms. The van der Waals surface area contributed by atoms with Gasteiger partial charge in [-0.15, -0.1) is 0 Å². The van der Waals surface area contributed by atoms with Crippen LogP contribution in [0.5, 0.6) is 0 Å². The average molecular weight is 167 g/mol. The largest absolute Gasteiger partial charge is 0.247 e. The van der Waals surface area contributed by atoms with Crippen molar-refractivity contribution in [1.29, 1.82) is 0 Å². The second-order valence-electron chi connectivity index (χ2n) is 0. The van der Waals surface area contributed by atoms with E-state index in [1.165, 1.54) is 0 Å². The Morgan fingerprint density at radius 3 is 1.25 bits per heavy atom. The zero-order valence-electron chi connectivity index (χ0n) is 1.71. The number of hydrogen-bond donors (Lipinski definition) is 1. The Kier molecular flexibility index (Phi) is 78.4. The van der Waals surface area contributed by atoms with Crippen LogP contribution in [-0.4, -0.2) is 0 Å². The van der Waals surface area contributed by atoms with Crippen molar-refractivity contribution in [2.24, 2.45) is 5.25 Å². The van der Waals surface area contributed by atoms with E-state index in [0.29, 0.717) is 0 Å². The molecule has 0 atom stereocenters. The van der Waals surface area contributed by atoms with Crippen molar-refractivity contribution in [2.75, 3.05) is 0 Å². The van der Waals surface area contributed by atoms with Gasteiger partial charge in [-0.25, -0.2) is 5.25 Å². The maximum absolute atomic E-state index is 4.45. The zero-order valence-corrected chi connectivity index (χ0v) is 4.81. The van der Waals surface area contributed by atoms with E-state index in [1.54, 1.807) is 0 Å². The summed E-state index contributed by atoms with van der Waals surface area (Å²) in [5.74, 6) is 0. The predicted molar refractivity (Wildman–Crippen MR) is 24.8 cm³/mol. The van der Waals surface area contributed by atoms with E-state index in [4.69, 9.17) is 0 Å². The van der Waals surface area contributed by atoms with Crippen LogP contribution < -0.4 is 5.25 Å². The molecule has 0 amide bonds. The van der Waals surface area contributed by atoms with Crippen LogP contribution in [0, 0.1) is 0 Å². The Balaban J connectivity index is 0. The number of nitrogens with two attached hydrogens (primary N) is 1. The van der Waals surface area contributed by atoms with Crippen LogP contribution in [-0.2, 0) is 0 Å². The highest BCUT2D eigenvalue weighted by atomic mass is 79.9. The molecule has 0 aromatic heterocycles. The zero-order chi connectivity index (χ0) is 4.00. The maximum atomic E-state index is 4.45. The number of halogens is 3. The summed E-state index contributed by atoms with van der Waals surface area (Å²) in [6.07, 6.45) is 0. The monoisotopic (exact) mass is 165 g/mol. The highest BCUT2D eigenvalue weighted by Crippen LogP contribution is 1.77. The van der Waals surface area contributed by atoms with Crippen LogP contribution in [0.1, 0.15) is 0 Å². The van der Waals surface area contributed by atoms with Gasteiger partial charge in [-0.3, -0.25) is 0 Å². The van der Waals surface area contributed by atoms with E-state index in [9.17, 15) is 0 Å². The van der Waals surface area contributed by atoms with Crippen molar-refractivity contribution in [3.8, 4) is 0 Å². The highest BCUT2D eigenvalue weighted by molar-refractivity contribution is 9.22. The van der Waals surface area contributed by atoms with Crippen LogP contribution in [0.4, 0.5) is 0 Å². The summed E-state index contributed by atoms with van der Waals surface area (Å²) in [6, 6.07) is 0. The van der Waals surface area contributed by atoms with Gasteiger partial charge < -0.3 is 0 Å². The Hall–Kier alpha value is 1.02. The van der Waals surface area contributed by atoms with Gasteiger partial charge in [-0.1, -0.05) is 0 Å². The average Bonchev–Trinajstić information content (AvgIpc) is 1.50. The van der Waals surface area contributed by atoms with Gasteiger partial charge in [0.25, 0.3) is 0 Å². The van der Waals surface area contributed by atoms with Crippen LogP contribution in [0.2, 0.25) is 0 Å². The van der Waals surface area contributed by atoms with Gasteiger partial charge >= 0.3 is 0 Å². The molecule has 0 bridgehead atoms. The molecular weight excluding hydrogens is 165 g/mol. The van der Waals surface area contributed by atoms with Gasteiger partial charge in [-0.05, 0) is 21.9 Å². The van der Waals surface area contributed by atoms with E-state index < -0.39 is 0 Å². The fourth-order valence-corrected chi connectivity index (χ4v) is 0. The molecule has 1 nitrogen and oxygen atoms in total. The molecule has 0 heterocycles. The quantitative estimate of drug-likeness (QED) is 0.545. The second kappa shape index (κ2) is 35.2. The first-order chi connectivity index (χ1) is 2.00. The Bertz CT molecular complexity index is 6.00. The first-order valence-corrected chi connectivity index (χ1v) is 2.88. The second-order valence-corrected chi connectivity index (χ2v) is 0. The molecule has 28 valence electrons. The lowest BCUT2D eigenvalue weighted by Crippen LogP contribution is -1.48. The standard InChI is InChI=1S/BrCl.ClH2N/c2*1-2/h;2H2. The minimum atomic E-state index is 2.41. The van der Waals surface area contributed by atoms with Gasteiger partial charge in [0.05, 0.1) is 0 Å². The molecule has 0 fully saturated rings. The van der Waals surface area contributed by atoms with Crippen molar-refractivity contribution in [1.82, 2.24) is 0 Å². The summed E-state index contributed by atoms with van der Waals surface area (Å²) >= 11 is 6.55. The van der Waals surface area contributed by atoms with Crippen molar-refractivity contribution in [3.63, 3.8) is 0 Å². The molecule has 2 N–H and O–H groups in total. The first-order valence-electron chi connectivity index (χ1n) is 0.361. The summed E-state index contributed by atoms with van der Waals surface area (Å²) < 4.78 is 0. The third-order valence-corrected chi connectivity index (χ3v) is 0. The fourth-order valence-electron chi connectivity index (χ4n) is 0. The minimum Gasteiger partial charge on any atom is -0.247 e. The van der Waals surface area contributed by atoms with Crippen molar-refractivity contribution < 1.29 is 0 Å². The van der Waals surface area contributed by atoms with Crippen LogP contribution in [0.3, 0.4) is 0 Å². The number of rotatable bonds is 0. The molecule has 0 rings (SSSR count). The minimum absolute atomic E-state index is 2.41. The highest BCUT2D eigenvalue weighted by Gasteiger charge is 1.00. The van der Waals surface area contributed by atoms with Crippen molar-refractivity contribution in [2.45, 2.75) is 0 Å². The smallest absolute Gasteiger partial charge is 0.0341 e. The lowest BCUT2D eigenvalue weighted by Gasteiger charge is -1.14.